The highest BCUT2D eigenvalue weighted by atomic mass is 16.5. The number of nitrogens with two attached hydrogens (primary N) is 1. The number of fused-ring (bicyclic) bond motifs is 1. The first-order valence-electron chi connectivity index (χ1n) is 11.0. The van der Waals surface area contributed by atoms with E-state index in [0.717, 1.165) is 5.56 Å². The summed E-state index contributed by atoms with van der Waals surface area (Å²) in [5.74, 6) is -5.71. The summed E-state index contributed by atoms with van der Waals surface area (Å²) in [4.78, 5) is 59.1. The smallest absolute Gasteiger partial charge is 0.326 e. The van der Waals surface area contributed by atoms with Crippen LogP contribution in [0.25, 0.3) is 10.9 Å². The van der Waals surface area contributed by atoms with E-state index in [0.29, 0.717) is 29.6 Å². The Bertz CT molecular complexity index is 1330. The Morgan fingerprint density at radius 1 is 1.03 bits per heavy atom. The van der Waals surface area contributed by atoms with Gasteiger partial charge in [-0.15, -0.1) is 0 Å². The molecule has 5 N–H and O–H groups in total. The Morgan fingerprint density at radius 3 is 2.31 bits per heavy atom. The summed E-state index contributed by atoms with van der Waals surface area (Å²) < 4.78 is 7.51. The van der Waals surface area contributed by atoms with Crippen molar-refractivity contribution >= 4 is 40.4 Å². The van der Waals surface area contributed by atoms with Crippen LogP contribution in [-0.2, 0) is 32.1 Å². The molecule has 1 heterocycles. The molecule has 0 spiro atoms. The van der Waals surface area contributed by atoms with E-state index in [1.54, 1.807) is 12.1 Å². The molecule has 1 aromatic heterocycles. The molecule has 1 atom stereocenters. The quantitative estimate of drug-likeness (QED) is 0.215. The fourth-order valence-corrected chi connectivity index (χ4v) is 3.98. The fraction of sp³-hybridized carbons (Fsp3) is 0.240. The molecule has 0 saturated carbocycles. The van der Waals surface area contributed by atoms with Gasteiger partial charge in [-0.3, -0.25) is 19.2 Å². The number of carbonyl (C=O) groups excluding carboxylic acids is 3. The van der Waals surface area contributed by atoms with Crippen LogP contribution in [0.2, 0.25) is 0 Å². The van der Waals surface area contributed by atoms with Gasteiger partial charge in [0.2, 0.25) is 0 Å². The summed E-state index contributed by atoms with van der Waals surface area (Å²) in [6, 6.07) is 12.7. The van der Waals surface area contributed by atoms with Gasteiger partial charge in [0.15, 0.2) is 6.61 Å². The minimum absolute atomic E-state index is 0.0706. The monoisotopic (exact) mass is 495 g/mol. The Kier molecular flexibility index (Phi) is 8.05. The van der Waals surface area contributed by atoms with E-state index in [9.17, 15) is 24.0 Å². The molecule has 11 heteroatoms. The normalized spacial score (nSPS) is 11.6. The van der Waals surface area contributed by atoms with E-state index in [2.05, 4.69) is 5.32 Å². The summed E-state index contributed by atoms with van der Waals surface area (Å²) in [6.45, 7) is 1.57. The van der Waals surface area contributed by atoms with E-state index < -0.39 is 48.6 Å². The van der Waals surface area contributed by atoms with Crippen LogP contribution in [-0.4, -0.2) is 57.0 Å². The summed E-state index contributed by atoms with van der Waals surface area (Å²) in [7, 11) is 0. The first kappa shape index (κ1) is 25.9. The summed E-state index contributed by atoms with van der Waals surface area (Å²) in [5, 5.41) is 20.3. The Morgan fingerprint density at radius 2 is 1.72 bits per heavy atom. The van der Waals surface area contributed by atoms with Gasteiger partial charge in [0, 0.05) is 12.2 Å². The predicted octanol–water partition coefficient (Wildman–Crippen LogP) is 1.34. The second kappa shape index (κ2) is 11.2. The molecule has 0 aliphatic carbocycles. The van der Waals surface area contributed by atoms with Crippen molar-refractivity contribution in [2.75, 3.05) is 6.61 Å². The van der Waals surface area contributed by atoms with Crippen molar-refractivity contribution in [3.63, 3.8) is 0 Å². The molecule has 188 valence electrons. The van der Waals surface area contributed by atoms with Gasteiger partial charge in [-0.2, -0.15) is 0 Å². The average molecular weight is 495 g/mol. The topological polar surface area (TPSA) is 178 Å². The van der Waals surface area contributed by atoms with Gasteiger partial charge < -0.3 is 30.6 Å². The number of primary amides is 1. The molecule has 0 bridgehead atoms. The number of aromatic nitrogens is 1. The lowest BCUT2D eigenvalue weighted by Gasteiger charge is -2.13. The molecule has 0 aliphatic heterocycles. The number of Topliss-reactive ketones (excluding diaryl/α,β-unsaturated/α-hetero) is 1. The molecular weight excluding hydrogens is 470 g/mol. The van der Waals surface area contributed by atoms with Gasteiger partial charge in [0.25, 0.3) is 17.6 Å². The van der Waals surface area contributed by atoms with Crippen molar-refractivity contribution in [1.82, 2.24) is 9.88 Å². The van der Waals surface area contributed by atoms with Crippen molar-refractivity contribution in [3.05, 3.63) is 65.4 Å². The number of hydrogen-bond acceptors (Lipinski definition) is 6. The number of rotatable bonds is 12. The lowest BCUT2D eigenvalue weighted by Crippen LogP contribution is -2.44. The largest absolute Gasteiger partial charge is 0.483 e. The van der Waals surface area contributed by atoms with Gasteiger partial charge in [-0.1, -0.05) is 43.3 Å². The van der Waals surface area contributed by atoms with E-state index >= 15 is 0 Å². The molecule has 3 rings (SSSR count). The maximum absolute atomic E-state index is 12.9. The maximum Gasteiger partial charge on any atom is 0.326 e. The molecule has 11 nitrogen and oxygen atoms in total. The number of carbonyl (C=O) groups is 5. The van der Waals surface area contributed by atoms with Crippen LogP contribution in [0.1, 0.15) is 35.0 Å². The van der Waals surface area contributed by atoms with E-state index in [1.165, 1.54) is 6.07 Å². The molecule has 0 fully saturated rings. The number of amides is 2. The number of benzene rings is 2. The third kappa shape index (κ3) is 5.69. The predicted molar refractivity (Wildman–Crippen MR) is 128 cm³/mol. The van der Waals surface area contributed by atoms with E-state index in [4.69, 9.17) is 20.7 Å². The van der Waals surface area contributed by atoms with Crippen LogP contribution in [0.3, 0.4) is 0 Å². The number of hydrogen-bond donors (Lipinski definition) is 4. The summed E-state index contributed by atoms with van der Waals surface area (Å²) >= 11 is 0. The first-order chi connectivity index (χ1) is 17.1. The van der Waals surface area contributed by atoms with Crippen LogP contribution in [0, 0.1) is 0 Å². The van der Waals surface area contributed by atoms with E-state index in [1.807, 2.05) is 41.8 Å². The van der Waals surface area contributed by atoms with Gasteiger partial charge in [-0.25, -0.2) is 4.79 Å². The average Bonchev–Trinajstić information content (AvgIpc) is 3.15. The van der Waals surface area contributed by atoms with Crippen LogP contribution < -0.4 is 15.8 Å². The van der Waals surface area contributed by atoms with Crippen LogP contribution >= 0.6 is 0 Å². The maximum atomic E-state index is 12.9. The second-order valence-electron chi connectivity index (χ2n) is 7.94. The van der Waals surface area contributed by atoms with Gasteiger partial charge >= 0.3 is 11.9 Å². The molecule has 0 radical (unpaired) electrons. The minimum atomic E-state index is -1.64. The number of nitrogens with zero attached hydrogens (tertiary/aromatic N) is 1. The molecule has 0 unspecified atom stereocenters. The highest BCUT2D eigenvalue weighted by Crippen LogP contribution is 2.35. The zero-order chi connectivity index (χ0) is 26.4. The number of ether oxygens (including phenoxy) is 1. The van der Waals surface area contributed by atoms with Crippen LogP contribution in [0.15, 0.2) is 48.5 Å². The molecular formula is C25H25N3O8. The van der Waals surface area contributed by atoms with Crippen molar-refractivity contribution in [3.8, 4) is 5.75 Å². The minimum Gasteiger partial charge on any atom is -0.483 e. The lowest BCUT2D eigenvalue weighted by molar-refractivity contribution is -0.147. The number of nitrogens with one attached hydrogen (secondary N) is 1. The summed E-state index contributed by atoms with van der Waals surface area (Å²) in [5.41, 5.74) is 7.49. The third-order valence-corrected chi connectivity index (χ3v) is 5.50. The molecule has 0 aliphatic rings. The van der Waals surface area contributed by atoms with Crippen molar-refractivity contribution in [1.29, 1.82) is 0 Å². The molecule has 2 aromatic carbocycles. The van der Waals surface area contributed by atoms with Gasteiger partial charge in [0.05, 0.1) is 22.9 Å². The Balaban J connectivity index is 2.02. The zero-order valence-corrected chi connectivity index (χ0v) is 19.4. The molecule has 36 heavy (non-hydrogen) atoms. The number of ketones is 1. The number of carboxylic acids is 2. The second-order valence-corrected chi connectivity index (χ2v) is 7.94. The van der Waals surface area contributed by atoms with Crippen molar-refractivity contribution in [2.45, 2.75) is 32.4 Å². The standard InChI is InChI=1S/C25H25N3O8/c1-2-16-22(23(32)24(26)33)21-17(28(16)12-14-7-4-3-5-8-14)9-6-10-18(21)36-13-19(29)27-15(25(34)35)11-20(30)31/h3-10,15H,2,11-13H2,1H3,(H2,26,33)(H,27,29)(H,30,31)(H,34,35)/t15-/m0/s1. The first-order valence-corrected chi connectivity index (χ1v) is 11.0. The number of aliphatic carboxylic acids is 2. The number of carboxylic acid groups (broad SMARTS) is 2. The zero-order valence-electron chi connectivity index (χ0n) is 19.4. The Hall–Kier alpha value is -4.67. The van der Waals surface area contributed by atoms with Crippen molar-refractivity contribution < 1.29 is 38.9 Å². The summed E-state index contributed by atoms with van der Waals surface area (Å²) in [6.07, 6.45) is -0.415. The van der Waals surface area contributed by atoms with Crippen molar-refractivity contribution in [2.24, 2.45) is 5.73 Å². The molecule has 3 aromatic rings. The highest BCUT2D eigenvalue weighted by molar-refractivity contribution is 6.45. The van der Waals surface area contributed by atoms with Gasteiger partial charge in [-0.05, 0) is 24.1 Å². The van der Waals surface area contributed by atoms with E-state index in [-0.39, 0.29) is 11.3 Å². The Labute approximate surface area is 205 Å². The van der Waals surface area contributed by atoms with Crippen LogP contribution in [0.5, 0.6) is 5.75 Å². The van der Waals surface area contributed by atoms with Crippen LogP contribution in [0.4, 0.5) is 0 Å². The SMILES string of the molecule is CCc1c(C(=O)C(N)=O)c2c(OCC(=O)N[C@@H](CC(=O)O)C(=O)O)cccc2n1Cc1ccccc1. The lowest BCUT2D eigenvalue weighted by atomic mass is 10.0. The molecule has 0 saturated heterocycles. The van der Waals surface area contributed by atoms with Gasteiger partial charge in [0.1, 0.15) is 11.8 Å². The molecule has 2 amide bonds. The fourth-order valence-electron chi connectivity index (χ4n) is 3.98. The third-order valence-electron chi connectivity index (χ3n) is 5.50. The highest BCUT2D eigenvalue weighted by Gasteiger charge is 2.28.